The van der Waals surface area contributed by atoms with Crippen molar-refractivity contribution in [3.05, 3.63) is 18.2 Å². The standard InChI is InChI=1S/C21H34N6O7/c1-5-11(4)17(21(33)34)27-19(31)14(7-15(28)29)25-18(30)13(6-12-8-23-9-24-12)26-20(32)16(22)10(2)3/h8-11,13-14,16-17H,5-7,22H2,1-4H3,(H,23,24)(H,25,30)(H,26,32)(H,27,31)(H,28,29)(H,33,34). The van der Waals surface area contributed by atoms with E-state index in [9.17, 15) is 34.2 Å². The molecule has 190 valence electrons. The van der Waals surface area contributed by atoms with Crippen molar-refractivity contribution in [1.82, 2.24) is 25.9 Å². The van der Waals surface area contributed by atoms with Crippen LogP contribution in [0.4, 0.5) is 0 Å². The molecule has 0 saturated heterocycles. The molecule has 1 heterocycles. The number of H-pyrrole nitrogens is 1. The maximum absolute atomic E-state index is 13.0. The van der Waals surface area contributed by atoms with E-state index >= 15 is 0 Å². The van der Waals surface area contributed by atoms with Crippen molar-refractivity contribution in [2.24, 2.45) is 17.6 Å². The molecule has 3 amide bonds. The van der Waals surface area contributed by atoms with Crippen molar-refractivity contribution in [3.63, 3.8) is 0 Å². The molecular weight excluding hydrogens is 448 g/mol. The maximum atomic E-state index is 13.0. The van der Waals surface area contributed by atoms with Gasteiger partial charge in [-0.3, -0.25) is 19.2 Å². The Morgan fingerprint density at radius 2 is 1.59 bits per heavy atom. The molecular formula is C21H34N6O7. The van der Waals surface area contributed by atoms with E-state index in [1.54, 1.807) is 27.7 Å². The molecule has 0 fully saturated rings. The molecule has 13 heteroatoms. The van der Waals surface area contributed by atoms with Crippen molar-refractivity contribution in [1.29, 1.82) is 0 Å². The highest BCUT2D eigenvalue weighted by Crippen LogP contribution is 2.09. The summed E-state index contributed by atoms with van der Waals surface area (Å²) in [5.74, 6) is -5.72. The predicted molar refractivity (Wildman–Crippen MR) is 120 cm³/mol. The molecule has 0 spiro atoms. The Morgan fingerprint density at radius 1 is 1.00 bits per heavy atom. The van der Waals surface area contributed by atoms with Crippen molar-refractivity contribution >= 4 is 29.7 Å². The lowest BCUT2D eigenvalue weighted by Crippen LogP contribution is -2.59. The van der Waals surface area contributed by atoms with E-state index in [0.29, 0.717) is 12.1 Å². The van der Waals surface area contributed by atoms with E-state index in [1.165, 1.54) is 12.5 Å². The van der Waals surface area contributed by atoms with Crippen molar-refractivity contribution in [2.75, 3.05) is 0 Å². The fraction of sp³-hybridized carbons (Fsp3) is 0.619. The fourth-order valence-corrected chi connectivity index (χ4v) is 2.99. The minimum absolute atomic E-state index is 0.0333. The van der Waals surface area contributed by atoms with Gasteiger partial charge >= 0.3 is 11.9 Å². The molecule has 0 saturated carbocycles. The van der Waals surface area contributed by atoms with Gasteiger partial charge in [-0.15, -0.1) is 0 Å². The van der Waals surface area contributed by atoms with Gasteiger partial charge in [0.25, 0.3) is 0 Å². The number of amides is 3. The highest BCUT2D eigenvalue weighted by atomic mass is 16.4. The molecule has 0 aromatic carbocycles. The van der Waals surface area contributed by atoms with Gasteiger partial charge in [-0.25, -0.2) is 9.78 Å². The van der Waals surface area contributed by atoms with Crippen LogP contribution in [0.3, 0.4) is 0 Å². The molecule has 0 radical (unpaired) electrons. The summed E-state index contributed by atoms with van der Waals surface area (Å²) < 4.78 is 0. The zero-order valence-corrected chi connectivity index (χ0v) is 19.7. The number of nitrogens with zero attached hydrogens (tertiary/aromatic N) is 1. The van der Waals surface area contributed by atoms with Gasteiger partial charge in [0.15, 0.2) is 0 Å². The van der Waals surface area contributed by atoms with Crippen LogP contribution < -0.4 is 21.7 Å². The number of hydrogen-bond acceptors (Lipinski definition) is 7. The van der Waals surface area contributed by atoms with E-state index in [-0.39, 0.29) is 12.3 Å². The monoisotopic (exact) mass is 482 g/mol. The van der Waals surface area contributed by atoms with Crippen LogP contribution in [0.15, 0.2) is 12.5 Å². The molecule has 1 aromatic rings. The predicted octanol–water partition coefficient (Wildman–Crippen LogP) is -1.00. The summed E-state index contributed by atoms with van der Waals surface area (Å²) in [5, 5.41) is 25.8. The normalized spacial score (nSPS) is 15.5. The van der Waals surface area contributed by atoms with Crippen LogP contribution in [-0.2, 0) is 30.4 Å². The quantitative estimate of drug-likeness (QED) is 0.173. The van der Waals surface area contributed by atoms with Gasteiger partial charge in [0.05, 0.1) is 18.8 Å². The number of carboxylic acids is 2. The highest BCUT2D eigenvalue weighted by molar-refractivity contribution is 5.95. The zero-order valence-electron chi connectivity index (χ0n) is 19.7. The summed E-state index contributed by atoms with van der Waals surface area (Å²) in [4.78, 5) is 67.7. The van der Waals surface area contributed by atoms with Crippen LogP contribution in [0, 0.1) is 11.8 Å². The minimum atomic E-state index is -1.57. The Labute approximate surface area is 197 Å². The molecule has 0 bridgehead atoms. The first-order valence-corrected chi connectivity index (χ1v) is 11.0. The van der Waals surface area contributed by atoms with Crippen LogP contribution in [-0.4, -0.2) is 74.0 Å². The third-order valence-corrected chi connectivity index (χ3v) is 5.42. The summed E-state index contributed by atoms with van der Waals surface area (Å²) in [6, 6.07) is -4.94. The maximum Gasteiger partial charge on any atom is 0.326 e. The van der Waals surface area contributed by atoms with E-state index < -0.39 is 66.2 Å². The van der Waals surface area contributed by atoms with E-state index in [4.69, 9.17) is 5.73 Å². The van der Waals surface area contributed by atoms with E-state index in [1.807, 2.05) is 0 Å². The Hall–Kier alpha value is -3.48. The van der Waals surface area contributed by atoms with Crippen LogP contribution in [0.1, 0.15) is 46.2 Å². The number of carbonyl (C=O) groups excluding carboxylic acids is 3. The number of imidazole rings is 1. The molecule has 5 atom stereocenters. The Balaban J connectivity index is 3.09. The number of rotatable bonds is 14. The first-order chi connectivity index (χ1) is 15.9. The van der Waals surface area contributed by atoms with Gasteiger partial charge in [-0.1, -0.05) is 34.1 Å². The molecule has 0 aliphatic heterocycles. The topological polar surface area (TPSA) is 217 Å². The fourth-order valence-electron chi connectivity index (χ4n) is 2.99. The molecule has 0 aliphatic rings. The van der Waals surface area contributed by atoms with Gasteiger partial charge in [0.1, 0.15) is 18.1 Å². The number of aliphatic carboxylic acids is 2. The highest BCUT2D eigenvalue weighted by Gasteiger charge is 2.33. The zero-order chi connectivity index (χ0) is 26.0. The Kier molecular flexibility index (Phi) is 11.2. The summed E-state index contributed by atoms with van der Waals surface area (Å²) in [6.45, 7) is 6.83. The van der Waals surface area contributed by atoms with Gasteiger partial charge in [0.2, 0.25) is 17.7 Å². The van der Waals surface area contributed by atoms with E-state index in [0.717, 1.165) is 0 Å². The van der Waals surface area contributed by atoms with Crippen LogP contribution in [0.5, 0.6) is 0 Å². The van der Waals surface area contributed by atoms with Gasteiger partial charge in [0, 0.05) is 18.3 Å². The number of carbonyl (C=O) groups is 5. The molecule has 1 rings (SSSR count). The average molecular weight is 483 g/mol. The molecule has 1 aromatic heterocycles. The number of nitrogens with one attached hydrogen (secondary N) is 4. The Morgan fingerprint density at radius 3 is 2.06 bits per heavy atom. The summed E-state index contributed by atoms with van der Waals surface area (Å²) in [5.41, 5.74) is 6.36. The second-order valence-corrected chi connectivity index (χ2v) is 8.48. The largest absolute Gasteiger partial charge is 0.481 e. The lowest BCUT2D eigenvalue weighted by Gasteiger charge is -2.26. The van der Waals surface area contributed by atoms with Gasteiger partial charge in [-0.05, 0) is 11.8 Å². The Bertz CT molecular complexity index is 858. The summed E-state index contributed by atoms with van der Waals surface area (Å²) >= 11 is 0. The van der Waals surface area contributed by atoms with E-state index in [2.05, 4.69) is 25.9 Å². The van der Waals surface area contributed by atoms with Gasteiger partial charge < -0.3 is 36.9 Å². The lowest BCUT2D eigenvalue weighted by atomic mass is 9.98. The summed E-state index contributed by atoms with van der Waals surface area (Å²) in [6.07, 6.45) is 2.45. The minimum Gasteiger partial charge on any atom is -0.481 e. The molecule has 34 heavy (non-hydrogen) atoms. The number of carboxylic acid groups (broad SMARTS) is 2. The molecule has 0 aliphatic carbocycles. The molecule has 13 nitrogen and oxygen atoms in total. The second kappa shape index (κ2) is 13.3. The number of hydrogen-bond donors (Lipinski definition) is 7. The van der Waals surface area contributed by atoms with Crippen LogP contribution in [0.2, 0.25) is 0 Å². The SMILES string of the molecule is CCC(C)C(NC(=O)C(CC(=O)O)NC(=O)C(Cc1cnc[nH]1)NC(=O)C(N)C(C)C)C(=O)O. The smallest absolute Gasteiger partial charge is 0.326 e. The van der Waals surface area contributed by atoms with Crippen molar-refractivity contribution in [2.45, 2.75) is 71.1 Å². The van der Waals surface area contributed by atoms with Gasteiger partial charge in [-0.2, -0.15) is 0 Å². The second-order valence-electron chi connectivity index (χ2n) is 8.48. The molecule has 5 unspecified atom stereocenters. The lowest BCUT2D eigenvalue weighted by molar-refractivity contribution is -0.144. The number of aromatic nitrogens is 2. The third-order valence-electron chi connectivity index (χ3n) is 5.42. The first kappa shape index (κ1) is 28.6. The van der Waals surface area contributed by atoms with Crippen LogP contribution in [0.25, 0.3) is 0 Å². The first-order valence-electron chi connectivity index (χ1n) is 11.0. The van der Waals surface area contributed by atoms with Crippen molar-refractivity contribution in [3.8, 4) is 0 Å². The average Bonchev–Trinajstić information content (AvgIpc) is 3.27. The summed E-state index contributed by atoms with van der Waals surface area (Å²) in [7, 11) is 0. The number of aromatic amines is 1. The molecule has 8 N–H and O–H groups in total. The van der Waals surface area contributed by atoms with Crippen LogP contribution >= 0.6 is 0 Å². The van der Waals surface area contributed by atoms with Crippen molar-refractivity contribution < 1.29 is 34.2 Å². The number of nitrogens with two attached hydrogens (primary N) is 1. The third kappa shape index (κ3) is 8.81.